The van der Waals surface area contributed by atoms with Gasteiger partial charge in [0.1, 0.15) is 10.0 Å². The van der Waals surface area contributed by atoms with Crippen molar-refractivity contribution in [2.45, 2.75) is 72.4 Å². The largest absolute Gasteiger partial charge is 3.00 e. The van der Waals surface area contributed by atoms with Crippen molar-refractivity contribution in [3.8, 4) is 0 Å². The Labute approximate surface area is 265 Å². The molecule has 0 aliphatic heterocycles. The van der Waals surface area contributed by atoms with Gasteiger partial charge in [0, 0.05) is 4.90 Å². The standard InChI is InChI=1S/C20H18N2O2S.C6H6.4C2H6.CH3.Ru/c21-19(16-10-4-1-5-11-16)20(17-12-6-2-7-13-17)22-25(23,24)18-14-8-3-9-15-18;1-2-4-6-5-3-1;4*1-2;;/h1-15,19-21H;1-6H;4*1-2H3;1H3;/q-2;;;;;;-1;+3. The smallest absolute Gasteiger partial charge is 0.672 e. The minimum absolute atomic E-state index is 0. The monoisotopic (exact) mass is 665 g/mol. The van der Waals surface area contributed by atoms with Crippen LogP contribution in [-0.4, -0.2) is 8.42 Å². The molecule has 0 aliphatic carbocycles. The van der Waals surface area contributed by atoms with Crippen LogP contribution in [0.4, 0.5) is 0 Å². The molecule has 6 heteroatoms. The van der Waals surface area contributed by atoms with Crippen molar-refractivity contribution >= 4 is 10.0 Å². The number of sulfonamides is 1. The van der Waals surface area contributed by atoms with E-state index in [-0.39, 0.29) is 31.8 Å². The van der Waals surface area contributed by atoms with E-state index in [0.717, 1.165) is 5.56 Å². The van der Waals surface area contributed by atoms with Crippen LogP contribution in [0.1, 0.15) is 78.6 Å². The predicted molar refractivity (Wildman–Crippen MR) is 178 cm³/mol. The number of nitrogens with zero attached hydrogens (tertiary/aromatic N) is 1. The van der Waals surface area contributed by atoms with Crippen LogP contribution in [0.15, 0.2) is 132 Å². The molecule has 0 heterocycles. The number of rotatable bonds is 6. The Morgan fingerprint density at radius 1 is 0.512 bits per heavy atom. The van der Waals surface area contributed by atoms with Gasteiger partial charge in [-0.3, -0.25) is 0 Å². The van der Waals surface area contributed by atoms with Crippen LogP contribution in [-0.2, 0) is 29.5 Å². The van der Waals surface area contributed by atoms with E-state index in [4.69, 9.17) is 5.73 Å². The van der Waals surface area contributed by atoms with Gasteiger partial charge in [0.15, 0.2) is 0 Å². The third-order valence-electron chi connectivity index (χ3n) is 4.58. The third-order valence-corrected chi connectivity index (χ3v) is 5.95. The van der Waals surface area contributed by atoms with E-state index in [1.807, 2.05) is 140 Å². The summed E-state index contributed by atoms with van der Waals surface area (Å²) >= 11 is 0. The molecule has 0 bridgehead atoms. The van der Waals surface area contributed by atoms with Gasteiger partial charge in [0.25, 0.3) is 0 Å². The summed E-state index contributed by atoms with van der Waals surface area (Å²) in [6, 6.07) is 36.8. The number of hydrogen-bond donors (Lipinski definition) is 0. The first-order chi connectivity index (χ1) is 19.1. The number of benzene rings is 4. The van der Waals surface area contributed by atoms with Gasteiger partial charge < -0.3 is 17.9 Å². The molecule has 1 N–H and O–H groups in total. The summed E-state index contributed by atoms with van der Waals surface area (Å²) in [5, 5.41) is 0. The van der Waals surface area contributed by atoms with Crippen molar-refractivity contribution in [2.24, 2.45) is 0 Å². The van der Waals surface area contributed by atoms with Crippen LogP contribution in [0.2, 0.25) is 0 Å². The van der Waals surface area contributed by atoms with Gasteiger partial charge in [0.2, 0.25) is 0 Å². The van der Waals surface area contributed by atoms with E-state index in [9.17, 15) is 8.42 Å². The van der Waals surface area contributed by atoms with Crippen molar-refractivity contribution in [3.05, 3.63) is 156 Å². The molecule has 2 atom stereocenters. The zero-order valence-corrected chi connectivity index (χ0v) is 28.9. The fraction of sp³-hybridized carbons (Fsp3) is 0.286. The second-order valence-corrected chi connectivity index (χ2v) is 8.42. The van der Waals surface area contributed by atoms with E-state index >= 15 is 0 Å². The van der Waals surface area contributed by atoms with Crippen LogP contribution >= 0.6 is 0 Å². The van der Waals surface area contributed by atoms with Crippen LogP contribution < -0.4 is 0 Å². The second kappa shape index (κ2) is 30.3. The summed E-state index contributed by atoms with van der Waals surface area (Å²) < 4.78 is 29.5. The molecule has 2 unspecified atom stereocenters. The number of nitrogens with one attached hydrogen (secondary N) is 1. The molecular weight excluding hydrogens is 614 g/mol. The summed E-state index contributed by atoms with van der Waals surface area (Å²) in [6.45, 7) is 16.0. The minimum atomic E-state index is -3.86. The Morgan fingerprint density at radius 2 is 0.780 bits per heavy atom. The van der Waals surface area contributed by atoms with Crippen LogP contribution in [0, 0.1) is 7.43 Å². The van der Waals surface area contributed by atoms with Gasteiger partial charge in [-0.2, -0.15) is 0 Å². The fourth-order valence-electron chi connectivity index (χ4n) is 2.99. The molecule has 41 heavy (non-hydrogen) atoms. The van der Waals surface area contributed by atoms with E-state index < -0.39 is 22.1 Å². The Balaban J connectivity index is -0.000000363. The molecule has 4 aromatic carbocycles. The molecule has 0 saturated carbocycles. The topological polar surface area (TPSA) is 72.0 Å². The average Bonchev–Trinajstić information content (AvgIpc) is 3.06. The van der Waals surface area contributed by atoms with Crippen molar-refractivity contribution in [1.29, 1.82) is 0 Å². The SMILES string of the molecule is CC.CC.CC.CC.[CH3-].[NH-]C(c1ccccc1)C([N-]S(=O)(=O)c1ccccc1)c1ccccc1.[Ru+3].c1ccccc1. The van der Waals surface area contributed by atoms with Crippen LogP contribution in [0.3, 0.4) is 0 Å². The van der Waals surface area contributed by atoms with E-state index in [0.29, 0.717) is 5.56 Å². The zero-order valence-electron chi connectivity index (χ0n) is 26.3. The Bertz CT molecular complexity index is 1100. The molecule has 0 aromatic heterocycles. The molecule has 4 nitrogen and oxygen atoms in total. The Hall–Kier alpha value is -2.63. The molecule has 0 saturated heterocycles. The molecule has 4 aromatic rings. The predicted octanol–water partition coefficient (Wildman–Crippen LogP) is 11.5. The average molecular weight is 665 g/mol. The quantitative estimate of drug-likeness (QED) is 0.152. The van der Waals surface area contributed by atoms with Gasteiger partial charge in [-0.1, -0.05) is 182 Å². The first-order valence-corrected chi connectivity index (χ1v) is 15.3. The van der Waals surface area contributed by atoms with E-state index in [2.05, 4.69) is 4.72 Å². The molecule has 0 aliphatic rings. The maximum Gasteiger partial charge on any atom is 3.00 e. The molecule has 4 rings (SSSR count). The third kappa shape index (κ3) is 18.4. The maximum absolute atomic E-state index is 12.7. The summed E-state index contributed by atoms with van der Waals surface area (Å²) in [5.74, 6) is 0. The van der Waals surface area contributed by atoms with E-state index in [1.54, 1.807) is 30.3 Å². The number of hydrogen-bond acceptors (Lipinski definition) is 2. The first kappa shape index (κ1) is 45.4. The van der Waals surface area contributed by atoms with Crippen molar-refractivity contribution in [3.63, 3.8) is 0 Å². The first-order valence-electron chi connectivity index (χ1n) is 13.9. The summed E-state index contributed by atoms with van der Waals surface area (Å²) in [7, 11) is -3.86. The summed E-state index contributed by atoms with van der Waals surface area (Å²) in [5.41, 5.74) is 10.0. The van der Waals surface area contributed by atoms with Crippen molar-refractivity contribution in [2.75, 3.05) is 0 Å². The van der Waals surface area contributed by atoms with Crippen molar-refractivity contribution in [1.82, 2.24) is 0 Å². The molecule has 0 spiro atoms. The molecule has 0 fully saturated rings. The van der Waals surface area contributed by atoms with Crippen molar-refractivity contribution < 1.29 is 27.9 Å². The Kier molecular flexibility index (Phi) is 33.6. The molecular formula is C35H51N2O2RuS. The van der Waals surface area contributed by atoms with Gasteiger partial charge in [-0.15, -0.1) is 12.1 Å². The normalized spacial score (nSPS) is 10.3. The van der Waals surface area contributed by atoms with Gasteiger partial charge in [0.05, 0.1) is 0 Å². The summed E-state index contributed by atoms with van der Waals surface area (Å²) in [4.78, 5) is 0.135. The fourth-order valence-corrected chi connectivity index (χ4v) is 4.16. The second-order valence-electron chi connectivity index (χ2n) is 6.79. The van der Waals surface area contributed by atoms with Gasteiger partial charge >= 0.3 is 19.5 Å². The van der Waals surface area contributed by atoms with Crippen LogP contribution in [0.5, 0.6) is 0 Å². The van der Waals surface area contributed by atoms with Gasteiger partial charge in [-0.25, -0.2) is 8.42 Å². The van der Waals surface area contributed by atoms with Gasteiger partial charge in [-0.05, 0) is 12.1 Å². The maximum atomic E-state index is 12.7. The molecule has 0 amide bonds. The molecule has 227 valence electrons. The van der Waals surface area contributed by atoms with E-state index in [1.165, 1.54) is 12.1 Å². The molecule has 1 radical (unpaired) electrons. The Morgan fingerprint density at radius 3 is 1.12 bits per heavy atom. The minimum Gasteiger partial charge on any atom is -0.672 e. The zero-order chi connectivity index (χ0) is 29.9. The summed E-state index contributed by atoms with van der Waals surface area (Å²) in [6.07, 6.45) is 0. The van der Waals surface area contributed by atoms with Crippen LogP contribution in [0.25, 0.3) is 10.5 Å².